The Morgan fingerprint density at radius 3 is 2.45 bits per heavy atom. The minimum atomic E-state index is -0.129. The van der Waals surface area contributed by atoms with E-state index in [2.05, 4.69) is 42.8 Å². The molecule has 7 nitrogen and oxygen atoms in total. The number of methoxy groups -OCH3 is 1. The van der Waals surface area contributed by atoms with Crippen LogP contribution >= 0.6 is 0 Å². The van der Waals surface area contributed by atoms with Gasteiger partial charge in [0, 0.05) is 49.9 Å². The maximum Gasteiger partial charge on any atom is 0.251 e. The summed E-state index contributed by atoms with van der Waals surface area (Å²) in [5.41, 5.74) is 0.462. The molecule has 0 unspecified atom stereocenters. The van der Waals surface area contributed by atoms with Crippen molar-refractivity contribution in [3.63, 3.8) is 0 Å². The fraction of sp³-hybridized carbons (Fsp3) is 0.708. The Bertz CT molecular complexity index is 724. The fourth-order valence-electron chi connectivity index (χ4n) is 4.28. The number of carbonyl (C=O) groups excluding carboxylic acids is 1. The van der Waals surface area contributed by atoms with E-state index in [0.717, 1.165) is 52.2 Å². The van der Waals surface area contributed by atoms with Crippen LogP contribution in [0.3, 0.4) is 0 Å². The van der Waals surface area contributed by atoms with Crippen LogP contribution in [0.4, 0.5) is 0 Å². The van der Waals surface area contributed by atoms with E-state index in [-0.39, 0.29) is 17.6 Å². The zero-order valence-electron chi connectivity index (χ0n) is 19.8. The van der Waals surface area contributed by atoms with E-state index in [4.69, 9.17) is 14.2 Å². The molecular weight excluding hydrogens is 394 g/mol. The van der Waals surface area contributed by atoms with E-state index in [9.17, 15) is 4.79 Å². The smallest absolute Gasteiger partial charge is 0.251 e. The molecule has 7 heteroatoms. The molecule has 3 rings (SSSR count). The lowest BCUT2D eigenvalue weighted by atomic mass is 10.0. The molecule has 174 valence electrons. The van der Waals surface area contributed by atoms with Crippen LogP contribution in [0.2, 0.25) is 0 Å². The van der Waals surface area contributed by atoms with Crippen LogP contribution in [0.25, 0.3) is 0 Å². The minimum Gasteiger partial charge on any atom is -0.493 e. The summed E-state index contributed by atoms with van der Waals surface area (Å²) in [7, 11) is 1.63. The normalized spacial score (nSPS) is 19.4. The fourth-order valence-corrected chi connectivity index (χ4v) is 4.28. The highest BCUT2D eigenvalue weighted by Gasteiger charge is 2.29. The average molecular weight is 434 g/mol. The van der Waals surface area contributed by atoms with Crippen LogP contribution < -0.4 is 14.8 Å². The van der Waals surface area contributed by atoms with Crippen molar-refractivity contribution in [2.75, 3.05) is 53.0 Å². The maximum atomic E-state index is 12.9. The second-order valence-corrected chi connectivity index (χ2v) is 9.41. The van der Waals surface area contributed by atoms with E-state index in [0.29, 0.717) is 29.6 Å². The van der Waals surface area contributed by atoms with Gasteiger partial charge in [0.15, 0.2) is 11.5 Å². The lowest BCUT2D eigenvalue weighted by Crippen LogP contribution is -2.55. The van der Waals surface area contributed by atoms with Gasteiger partial charge in [-0.1, -0.05) is 0 Å². The first kappa shape index (κ1) is 23.8. The number of likely N-dealkylation sites (tertiary alicyclic amines) is 1. The van der Waals surface area contributed by atoms with Crippen molar-refractivity contribution in [2.24, 2.45) is 0 Å². The van der Waals surface area contributed by atoms with Gasteiger partial charge in [-0.15, -0.1) is 0 Å². The summed E-state index contributed by atoms with van der Waals surface area (Å²) in [6.45, 7) is 14.7. The first-order chi connectivity index (χ1) is 14.8. The van der Waals surface area contributed by atoms with Crippen LogP contribution in [-0.4, -0.2) is 86.4 Å². The second kappa shape index (κ2) is 10.7. The van der Waals surface area contributed by atoms with Gasteiger partial charge in [-0.3, -0.25) is 9.69 Å². The van der Waals surface area contributed by atoms with Gasteiger partial charge >= 0.3 is 0 Å². The molecule has 31 heavy (non-hydrogen) atoms. The van der Waals surface area contributed by atoms with Gasteiger partial charge in [0.1, 0.15) is 6.10 Å². The van der Waals surface area contributed by atoms with E-state index < -0.39 is 0 Å². The summed E-state index contributed by atoms with van der Waals surface area (Å²) in [6.07, 6.45) is 2.10. The largest absolute Gasteiger partial charge is 0.493 e. The quantitative estimate of drug-likeness (QED) is 0.680. The lowest BCUT2D eigenvalue weighted by molar-refractivity contribution is -0.00923. The van der Waals surface area contributed by atoms with Crippen molar-refractivity contribution in [1.82, 2.24) is 15.1 Å². The number of nitrogens with zero attached hydrogens (tertiary/aromatic N) is 2. The van der Waals surface area contributed by atoms with Crippen molar-refractivity contribution < 1.29 is 19.0 Å². The lowest BCUT2D eigenvalue weighted by Gasteiger charge is -2.40. The van der Waals surface area contributed by atoms with Gasteiger partial charge in [-0.25, -0.2) is 0 Å². The highest BCUT2D eigenvalue weighted by Crippen LogP contribution is 2.31. The maximum absolute atomic E-state index is 12.9. The van der Waals surface area contributed by atoms with E-state index >= 15 is 0 Å². The highest BCUT2D eigenvalue weighted by atomic mass is 16.5. The molecule has 1 amide bonds. The Morgan fingerprint density at radius 2 is 1.84 bits per heavy atom. The third kappa shape index (κ3) is 6.34. The van der Waals surface area contributed by atoms with Crippen molar-refractivity contribution >= 4 is 5.91 Å². The number of ether oxygens (including phenoxy) is 3. The topological polar surface area (TPSA) is 63.3 Å². The third-order valence-corrected chi connectivity index (χ3v) is 6.48. The molecule has 0 bridgehead atoms. The van der Waals surface area contributed by atoms with E-state index in [1.807, 2.05) is 12.1 Å². The summed E-state index contributed by atoms with van der Waals surface area (Å²) in [4.78, 5) is 17.7. The first-order valence-electron chi connectivity index (χ1n) is 11.5. The molecule has 0 spiro atoms. The molecule has 1 aromatic carbocycles. The Kier molecular flexibility index (Phi) is 8.19. The summed E-state index contributed by atoms with van der Waals surface area (Å²) < 4.78 is 17.2. The van der Waals surface area contributed by atoms with Crippen molar-refractivity contribution in [3.05, 3.63) is 23.8 Å². The molecule has 2 saturated heterocycles. The van der Waals surface area contributed by atoms with Crippen LogP contribution in [0.1, 0.15) is 50.9 Å². The van der Waals surface area contributed by atoms with E-state index in [1.54, 1.807) is 13.2 Å². The molecule has 2 aliphatic heterocycles. The van der Waals surface area contributed by atoms with Crippen LogP contribution in [0.15, 0.2) is 18.2 Å². The van der Waals surface area contributed by atoms with Gasteiger partial charge in [0.25, 0.3) is 5.91 Å². The summed E-state index contributed by atoms with van der Waals surface area (Å²) in [6, 6.07) is 5.99. The number of morpholine rings is 1. The Morgan fingerprint density at radius 1 is 1.16 bits per heavy atom. The molecule has 0 saturated carbocycles. The number of rotatable bonds is 8. The summed E-state index contributed by atoms with van der Waals surface area (Å²) >= 11 is 0. The van der Waals surface area contributed by atoms with Crippen molar-refractivity contribution in [2.45, 2.75) is 58.2 Å². The highest BCUT2D eigenvalue weighted by molar-refractivity contribution is 5.94. The molecule has 0 radical (unpaired) electrons. The summed E-state index contributed by atoms with van der Waals surface area (Å²) in [5.74, 6) is 1.21. The molecule has 0 atom stereocenters. The zero-order valence-corrected chi connectivity index (χ0v) is 19.8. The number of hydrogen-bond donors (Lipinski definition) is 1. The van der Waals surface area contributed by atoms with Crippen LogP contribution in [0, 0.1) is 0 Å². The third-order valence-electron chi connectivity index (χ3n) is 6.48. The number of carbonyl (C=O) groups is 1. The number of hydrogen-bond acceptors (Lipinski definition) is 6. The Hall–Kier alpha value is -1.83. The van der Waals surface area contributed by atoms with Crippen LogP contribution in [0.5, 0.6) is 11.5 Å². The minimum absolute atomic E-state index is 0.0940. The summed E-state index contributed by atoms with van der Waals surface area (Å²) in [5, 5.41) is 3.10. The molecular formula is C24H39N3O4. The molecule has 1 aromatic rings. The number of amides is 1. The SMILES string of the molecule is COc1ccc(C(=O)NCC(C)(C)N2CCOCC2)cc1OC1CCN(C(C)C)CC1. The molecule has 1 N–H and O–H groups in total. The number of piperidine rings is 1. The molecule has 2 heterocycles. The van der Waals surface area contributed by atoms with Crippen molar-refractivity contribution in [1.29, 1.82) is 0 Å². The average Bonchev–Trinajstić information content (AvgIpc) is 2.78. The zero-order chi connectivity index (χ0) is 22.4. The molecule has 2 fully saturated rings. The second-order valence-electron chi connectivity index (χ2n) is 9.41. The monoisotopic (exact) mass is 433 g/mol. The van der Waals surface area contributed by atoms with Gasteiger partial charge < -0.3 is 24.4 Å². The Balaban J connectivity index is 1.60. The molecule has 2 aliphatic rings. The number of nitrogens with one attached hydrogen (secondary N) is 1. The predicted octanol–water partition coefficient (Wildman–Crippen LogP) is 2.79. The first-order valence-corrected chi connectivity index (χ1v) is 11.5. The van der Waals surface area contributed by atoms with Gasteiger partial charge in [-0.05, 0) is 58.7 Å². The number of benzene rings is 1. The standard InChI is InChI=1S/C24H39N3O4/c1-18(2)26-10-8-20(9-11-26)31-22-16-19(6-7-21(22)29-5)23(28)25-17-24(3,4)27-12-14-30-15-13-27/h6-7,16,18,20H,8-15,17H2,1-5H3,(H,25,28). The van der Waals surface area contributed by atoms with Gasteiger partial charge in [0.2, 0.25) is 0 Å². The predicted molar refractivity (Wildman–Crippen MR) is 122 cm³/mol. The Labute approximate surface area is 187 Å². The van der Waals surface area contributed by atoms with E-state index in [1.165, 1.54) is 0 Å². The van der Waals surface area contributed by atoms with Crippen LogP contribution in [-0.2, 0) is 4.74 Å². The molecule has 0 aromatic heterocycles. The van der Waals surface area contributed by atoms with Gasteiger partial charge in [0.05, 0.1) is 20.3 Å². The van der Waals surface area contributed by atoms with Crippen molar-refractivity contribution in [3.8, 4) is 11.5 Å². The molecule has 0 aliphatic carbocycles. The van der Waals surface area contributed by atoms with Gasteiger partial charge in [-0.2, -0.15) is 0 Å².